The zero-order chi connectivity index (χ0) is 18.1. The molecule has 0 unspecified atom stereocenters. The number of hydrogen-bond donors (Lipinski definition) is 0. The molecule has 0 saturated heterocycles. The van der Waals surface area contributed by atoms with Crippen LogP contribution >= 0.6 is 0 Å². The topological polar surface area (TPSA) is 61.8 Å². The number of hydrogen-bond acceptors (Lipinski definition) is 5. The Morgan fingerprint density at radius 1 is 1.00 bits per heavy atom. The molecule has 130 valence electrons. The molecule has 0 atom stereocenters. The maximum absolute atomic E-state index is 12.1. The molecule has 25 heavy (non-hydrogen) atoms. The van der Waals surface area contributed by atoms with Crippen LogP contribution in [0.15, 0.2) is 61.2 Å². The molecule has 0 spiro atoms. The fourth-order valence-electron chi connectivity index (χ4n) is 2.08. The third-order valence-corrected chi connectivity index (χ3v) is 3.36. The first-order valence-corrected chi connectivity index (χ1v) is 7.95. The molecule has 0 radical (unpaired) electrons. The molecular weight excluding hydrogens is 320 g/mol. The van der Waals surface area contributed by atoms with Gasteiger partial charge in [-0.25, -0.2) is 9.59 Å². The van der Waals surface area contributed by atoms with E-state index in [9.17, 15) is 9.59 Å². The van der Waals surface area contributed by atoms with Crippen LogP contribution in [0.4, 0.5) is 0 Å². The number of esters is 2. The average Bonchev–Trinajstić information content (AvgIpc) is 2.64. The summed E-state index contributed by atoms with van der Waals surface area (Å²) in [5.41, 5.74) is 1.69. The smallest absolute Gasteiger partial charge is 0.343 e. The van der Waals surface area contributed by atoms with Crippen molar-refractivity contribution in [2.75, 3.05) is 6.79 Å². The average molecular weight is 340 g/mol. The molecule has 0 saturated carbocycles. The third kappa shape index (κ3) is 5.80. The van der Waals surface area contributed by atoms with E-state index >= 15 is 0 Å². The van der Waals surface area contributed by atoms with Crippen LogP contribution < -0.4 is 9.47 Å². The number of rotatable bonds is 8. The summed E-state index contributed by atoms with van der Waals surface area (Å²) in [6.45, 7) is 5.18. The molecule has 2 rings (SSSR count). The van der Waals surface area contributed by atoms with Gasteiger partial charge in [0.1, 0.15) is 11.5 Å². The lowest BCUT2D eigenvalue weighted by Crippen LogP contribution is -2.09. The summed E-state index contributed by atoms with van der Waals surface area (Å²) in [7, 11) is 0. The second-order valence-corrected chi connectivity index (χ2v) is 5.24. The van der Waals surface area contributed by atoms with E-state index in [2.05, 4.69) is 13.5 Å². The Morgan fingerprint density at radius 3 is 2.24 bits per heavy atom. The summed E-state index contributed by atoms with van der Waals surface area (Å²) in [4.78, 5) is 23.0. The van der Waals surface area contributed by atoms with Crippen molar-refractivity contribution < 1.29 is 23.8 Å². The Hall–Kier alpha value is -3.08. The fraction of sp³-hybridized carbons (Fsp3) is 0.200. The lowest BCUT2D eigenvalue weighted by molar-refractivity contribution is -0.144. The molecule has 2 aromatic rings. The lowest BCUT2D eigenvalue weighted by atomic mass is 10.1. The van der Waals surface area contributed by atoms with Crippen LogP contribution in [0.5, 0.6) is 11.5 Å². The molecule has 0 aliphatic carbocycles. The standard InChI is InChI=1S/C20H20O5/c1-3-5-15-6-8-16(9-7-15)20(22)25-18-12-10-17(11-13-18)23-14-24-19(21)4-2/h4,6-13H,2-3,5,14H2,1H3. The van der Waals surface area contributed by atoms with Gasteiger partial charge in [0, 0.05) is 6.08 Å². The Morgan fingerprint density at radius 2 is 1.64 bits per heavy atom. The van der Waals surface area contributed by atoms with Crippen LogP contribution in [-0.2, 0) is 16.0 Å². The Kier molecular flexibility index (Phi) is 6.77. The van der Waals surface area contributed by atoms with Crippen LogP contribution in [-0.4, -0.2) is 18.7 Å². The van der Waals surface area contributed by atoms with E-state index in [0.29, 0.717) is 17.1 Å². The van der Waals surface area contributed by atoms with Crippen molar-refractivity contribution in [2.24, 2.45) is 0 Å². The van der Waals surface area contributed by atoms with Crippen molar-refractivity contribution in [1.82, 2.24) is 0 Å². The minimum absolute atomic E-state index is 0.214. The fourth-order valence-corrected chi connectivity index (χ4v) is 2.08. The Labute approximate surface area is 146 Å². The zero-order valence-electron chi connectivity index (χ0n) is 14.1. The van der Waals surface area contributed by atoms with Gasteiger partial charge in [-0.1, -0.05) is 32.1 Å². The van der Waals surface area contributed by atoms with E-state index in [1.165, 1.54) is 5.56 Å². The first-order valence-electron chi connectivity index (χ1n) is 7.95. The van der Waals surface area contributed by atoms with Crippen LogP contribution in [0.1, 0.15) is 29.3 Å². The number of benzene rings is 2. The van der Waals surface area contributed by atoms with Crippen molar-refractivity contribution in [3.05, 3.63) is 72.3 Å². The van der Waals surface area contributed by atoms with E-state index < -0.39 is 11.9 Å². The molecule has 0 bridgehead atoms. The minimum Gasteiger partial charge on any atom is -0.457 e. The summed E-state index contributed by atoms with van der Waals surface area (Å²) in [5, 5.41) is 0. The number of aryl methyl sites for hydroxylation is 1. The van der Waals surface area contributed by atoms with Gasteiger partial charge in [0.25, 0.3) is 0 Å². The van der Waals surface area contributed by atoms with E-state index in [-0.39, 0.29) is 6.79 Å². The van der Waals surface area contributed by atoms with Gasteiger partial charge in [-0.05, 0) is 48.4 Å². The molecule has 0 aliphatic rings. The molecular formula is C20H20O5. The van der Waals surface area contributed by atoms with Gasteiger partial charge >= 0.3 is 11.9 Å². The first kappa shape index (κ1) is 18.3. The monoisotopic (exact) mass is 340 g/mol. The van der Waals surface area contributed by atoms with Crippen LogP contribution in [0.3, 0.4) is 0 Å². The maximum atomic E-state index is 12.1. The van der Waals surface area contributed by atoms with Gasteiger partial charge in [-0.15, -0.1) is 0 Å². The highest BCUT2D eigenvalue weighted by atomic mass is 16.7. The number of ether oxygens (including phenoxy) is 3. The predicted octanol–water partition coefficient (Wildman–Crippen LogP) is 3.92. The van der Waals surface area contributed by atoms with E-state index in [1.807, 2.05) is 12.1 Å². The maximum Gasteiger partial charge on any atom is 0.343 e. The highest BCUT2D eigenvalue weighted by Crippen LogP contribution is 2.19. The Balaban J connectivity index is 1.88. The third-order valence-electron chi connectivity index (χ3n) is 3.36. The zero-order valence-corrected chi connectivity index (χ0v) is 14.1. The molecule has 0 aliphatic heterocycles. The van der Waals surface area contributed by atoms with Crippen molar-refractivity contribution in [1.29, 1.82) is 0 Å². The normalized spacial score (nSPS) is 9.96. The van der Waals surface area contributed by atoms with Crippen LogP contribution in [0.2, 0.25) is 0 Å². The second kappa shape index (κ2) is 9.27. The van der Waals surface area contributed by atoms with Gasteiger partial charge in [0.2, 0.25) is 6.79 Å². The van der Waals surface area contributed by atoms with Gasteiger partial charge < -0.3 is 14.2 Å². The largest absolute Gasteiger partial charge is 0.457 e. The van der Waals surface area contributed by atoms with Crippen molar-refractivity contribution >= 4 is 11.9 Å². The molecule has 0 fully saturated rings. The van der Waals surface area contributed by atoms with E-state index in [0.717, 1.165) is 18.9 Å². The number of carbonyl (C=O) groups is 2. The number of carbonyl (C=O) groups excluding carboxylic acids is 2. The van der Waals surface area contributed by atoms with Gasteiger partial charge in [0.15, 0.2) is 0 Å². The first-order chi connectivity index (χ1) is 12.1. The molecule has 0 heterocycles. The van der Waals surface area contributed by atoms with Crippen LogP contribution in [0, 0.1) is 0 Å². The second-order valence-electron chi connectivity index (χ2n) is 5.24. The summed E-state index contributed by atoms with van der Waals surface area (Å²) in [5.74, 6) is -0.0919. The minimum atomic E-state index is -0.560. The molecule has 0 N–H and O–H groups in total. The SMILES string of the molecule is C=CC(=O)OCOc1ccc(OC(=O)c2ccc(CCC)cc2)cc1. The quantitative estimate of drug-likeness (QED) is 0.315. The molecule has 0 amide bonds. The van der Waals surface area contributed by atoms with E-state index in [4.69, 9.17) is 14.2 Å². The molecule has 5 nitrogen and oxygen atoms in total. The lowest BCUT2D eigenvalue weighted by Gasteiger charge is -2.08. The van der Waals surface area contributed by atoms with Crippen molar-refractivity contribution in [3.63, 3.8) is 0 Å². The summed E-state index contributed by atoms with van der Waals surface area (Å²) in [6, 6.07) is 13.8. The summed E-state index contributed by atoms with van der Waals surface area (Å²) in [6.07, 6.45) is 3.10. The van der Waals surface area contributed by atoms with Gasteiger partial charge in [-0.3, -0.25) is 0 Å². The van der Waals surface area contributed by atoms with Crippen molar-refractivity contribution in [2.45, 2.75) is 19.8 Å². The summed E-state index contributed by atoms with van der Waals surface area (Å²) < 4.78 is 15.3. The Bertz CT molecular complexity index is 717. The molecule has 2 aromatic carbocycles. The predicted molar refractivity (Wildman–Crippen MR) is 93.6 cm³/mol. The molecule has 0 aromatic heterocycles. The van der Waals surface area contributed by atoms with Gasteiger partial charge in [-0.2, -0.15) is 0 Å². The highest BCUT2D eigenvalue weighted by Gasteiger charge is 2.08. The van der Waals surface area contributed by atoms with Gasteiger partial charge in [0.05, 0.1) is 5.56 Å². The van der Waals surface area contributed by atoms with E-state index in [1.54, 1.807) is 36.4 Å². The van der Waals surface area contributed by atoms with Crippen molar-refractivity contribution in [3.8, 4) is 11.5 Å². The highest BCUT2D eigenvalue weighted by molar-refractivity contribution is 5.91. The molecule has 5 heteroatoms. The summed E-state index contributed by atoms with van der Waals surface area (Å²) >= 11 is 0. The van der Waals surface area contributed by atoms with Crippen LogP contribution in [0.25, 0.3) is 0 Å².